The molecule has 32 heavy (non-hydrogen) atoms. The van der Waals surface area contributed by atoms with Crippen molar-refractivity contribution in [3.8, 4) is 0 Å². The van der Waals surface area contributed by atoms with Crippen molar-refractivity contribution in [3.63, 3.8) is 0 Å². The number of carbonyl (C=O) groups excluding carboxylic acids is 1. The lowest BCUT2D eigenvalue weighted by atomic mass is 10.0. The van der Waals surface area contributed by atoms with Gasteiger partial charge in [-0.15, -0.1) is 0 Å². The molecule has 3 aliphatic heterocycles. The number of nitrogen functional groups attached to an aromatic ring is 1. The monoisotopic (exact) mass is 453 g/mol. The second kappa shape index (κ2) is 8.93. The number of hydrogen-bond donors (Lipinski definition) is 3. The van der Waals surface area contributed by atoms with E-state index in [1.165, 1.54) is 0 Å². The van der Waals surface area contributed by atoms with Crippen LogP contribution < -0.4 is 16.5 Å². The van der Waals surface area contributed by atoms with Gasteiger partial charge in [-0.2, -0.15) is 0 Å². The van der Waals surface area contributed by atoms with Gasteiger partial charge < -0.3 is 21.2 Å². The predicted octanol–water partition coefficient (Wildman–Crippen LogP) is 2.29. The van der Waals surface area contributed by atoms with Crippen molar-refractivity contribution in [2.45, 2.75) is 24.6 Å². The van der Waals surface area contributed by atoms with Crippen LogP contribution in [0.1, 0.15) is 34.6 Å². The Balaban J connectivity index is 1.55. The van der Waals surface area contributed by atoms with E-state index in [0.717, 1.165) is 29.8 Å². The van der Waals surface area contributed by atoms with Gasteiger partial charge in [0.1, 0.15) is 0 Å². The summed E-state index contributed by atoms with van der Waals surface area (Å²) >= 11 is 0. The number of nitrogens with zero attached hydrogens (tertiary/aromatic N) is 2. The first-order valence-corrected chi connectivity index (χ1v) is 12.0. The normalized spacial score (nSPS) is 20.4. The van der Waals surface area contributed by atoms with E-state index in [1.807, 2.05) is 48.7 Å². The molecule has 1 unspecified atom stereocenters. The number of hydrogen-bond acceptors (Lipinski definition) is 6. The molecule has 2 aromatic rings. The van der Waals surface area contributed by atoms with Crippen molar-refractivity contribution in [1.29, 1.82) is 0 Å². The highest BCUT2D eigenvalue weighted by Crippen LogP contribution is 2.38. The number of dihydropyridines is 1. The van der Waals surface area contributed by atoms with E-state index in [0.29, 0.717) is 43.2 Å². The van der Waals surface area contributed by atoms with E-state index in [9.17, 15) is 9.00 Å². The van der Waals surface area contributed by atoms with Crippen molar-refractivity contribution in [3.05, 3.63) is 65.6 Å². The molecule has 0 saturated carbocycles. The zero-order valence-electron chi connectivity index (χ0n) is 17.8. The van der Waals surface area contributed by atoms with Gasteiger partial charge in [0.05, 0.1) is 52.0 Å². The smallest absolute Gasteiger partial charge is 0.181 e. The minimum Gasteiger partial charge on any atom is -0.387 e. The summed E-state index contributed by atoms with van der Waals surface area (Å²) in [6.45, 7) is 2.38. The van der Waals surface area contributed by atoms with Gasteiger partial charge in [0.25, 0.3) is 0 Å². The van der Waals surface area contributed by atoms with Crippen LogP contribution in [-0.2, 0) is 22.3 Å². The molecule has 0 radical (unpaired) electrons. The zero-order chi connectivity index (χ0) is 22.1. The van der Waals surface area contributed by atoms with Gasteiger partial charge in [0, 0.05) is 31.0 Å². The lowest BCUT2D eigenvalue weighted by molar-refractivity contribution is 0.0936. The number of aromatic nitrogens is 1. The first kappa shape index (κ1) is 21.0. The van der Waals surface area contributed by atoms with E-state index in [4.69, 9.17) is 10.6 Å². The number of nitrogens with two attached hydrogens (primary N) is 1. The third-order valence-corrected chi connectivity index (χ3v) is 7.89. The molecule has 1 fully saturated rings. The van der Waals surface area contributed by atoms with Crippen LogP contribution in [-0.4, -0.2) is 50.5 Å². The molecule has 4 N–H and O–H groups in total. The lowest BCUT2D eigenvalue weighted by Crippen LogP contribution is -2.42. The van der Waals surface area contributed by atoms with Crippen LogP contribution in [0.15, 0.2) is 48.7 Å². The third kappa shape index (κ3) is 3.87. The Labute approximate surface area is 189 Å². The van der Waals surface area contributed by atoms with Gasteiger partial charge in [-0.1, -0.05) is 24.3 Å². The number of carbonyl (C=O) groups is 1. The van der Waals surface area contributed by atoms with Crippen LogP contribution in [0.2, 0.25) is 0 Å². The number of anilines is 2. The standard InChI is InChI=1S/C23H27N5O3S/c24-28-19-14-27(32(30)18-8-12-31-13-9-18)15-20(29)21(19)22(26-17-4-2-1-3-5-17)23(28)16-6-10-25-11-7-16/h1-7,10,18,25-26H,8-9,11-15,24H2. The molecular formula is C23H27N5O3S. The van der Waals surface area contributed by atoms with Crippen molar-refractivity contribution >= 4 is 33.7 Å². The Hall–Kier alpha value is -2.88. The molecule has 1 aromatic carbocycles. The van der Waals surface area contributed by atoms with Crippen LogP contribution in [0.25, 0.3) is 5.57 Å². The summed E-state index contributed by atoms with van der Waals surface area (Å²) in [5.74, 6) is 6.52. The molecule has 0 aliphatic carbocycles. The summed E-state index contributed by atoms with van der Waals surface area (Å²) in [5.41, 5.74) is 4.53. The summed E-state index contributed by atoms with van der Waals surface area (Å²) in [7, 11) is -1.26. The largest absolute Gasteiger partial charge is 0.387 e. The third-order valence-electron chi connectivity index (χ3n) is 6.08. The van der Waals surface area contributed by atoms with E-state index >= 15 is 0 Å². The zero-order valence-corrected chi connectivity index (χ0v) is 18.6. The average molecular weight is 454 g/mol. The number of fused-ring (bicyclic) bond motifs is 1. The molecule has 0 amide bonds. The number of ketones is 1. The second-order valence-corrected chi connectivity index (χ2v) is 9.85. The molecule has 8 nitrogen and oxygen atoms in total. The van der Waals surface area contributed by atoms with Gasteiger partial charge in [-0.3, -0.25) is 9.47 Å². The SMILES string of the molecule is Nn1c2c(c(Nc3ccccc3)c1C1=CCNC=C1)C(=O)CN(S(=O)C1CCOCC1)C2. The van der Waals surface area contributed by atoms with Crippen molar-refractivity contribution in [2.24, 2.45) is 0 Å². The second-order valence-electron chi connectivity index (χ2n) is 8.12. The molecule has 4 heterocycles. The quantitative estimate of drug-likeness (QED) is 0.601. The van der Waals surface area contributed by atoms with E-state index in [2.05, 4.69) is 10.6 Å². The predicted molar refractivity (Wildman–Crippen MR) is 126 cm³/mol. The molecule has 168 valence electrons. The fourth-order valence-corrected chi connectivity index (χ4v) is 5.98. The van der Waals surface area contributed by atoms with Crippen molar-refractivity contribution < 1.29 is 13.7 Å². The fourth-order valence-electron chi connectivity index (χ4n) is 4.47. The minimum atomic E-state index is -1.26. The maximum atomic E-state index is 13.4. The minimum absolute atomic E-state index is 0.00994. The highest BCUT2D eigenvalue weighted by molar-refractivity contribution is 7.83. The number of ether oxygens (including phenoxy) is 1. The van der Waals surface area contributed by atoms with Crippen LogP contribution in [0.5, 0.6) is 0 Å². The van der Waals surface area contributed by atoms with Gasteiger partial charge in [-0.25, -0.2) is 8.51 Å². The summed E-state index contributed by atoms with van der Waals surface area (Å²) < 4.78 is 22.0. The summed E-state index contributed by atoms with van der Waals surface area (Å²) in [6, 6.07) is 9.74. The number of para-hydroxylation sites is 1. The van der Waals surface area contributed by atoms with Gasteiger partial charge >= 0.3 is 0 Å². The van der Waals surface area contributed by atoms with Crippen molar-refractivity contribution in [1.82, 2.24) is 14.3 Å². The van der Waals surface area contributed by atoms with Gasteiger partial charge in [-0.05, 0) is 37.3 Å². The topological polar surface area (TPSA) is 102 Å². The number of nitrogens with one attached hydrogen (secondary N) is 2. The maximum absolute atomic E-state index is 13.4. The number of Topliss-reactive ketones (excluding diaryl/α,β-unsaturated/α-hetero) is 1. The number of allylic oxidation sites excluding steroid dienone is 2. The van der Waals surface area contributed by atoms with E-state index in [1.54, 1.807) is 8.98 Å². The van der Waals surface area contributed by atoms with E-state index < -0.39 is 11.0 Å². The fraction of sp³-hybridized carbons (Fsp3) is 0.348. The van der Waals surface area contributed by atoms with Crippen LogP contribution in [0, 0.1) is 0 Å². The first-order chi connectivity index (χ1) is 15.6. The first-order valence-electron chi connectivity index (χ1n) is 10.8. The molecule has 5 rings (SSSR count). The number of benzene rings is 1. The van der Waals surface area contributed by atoms with Crippen molar-refractivity contribution in [2.75, 3.05) is 37.5 Å². The Bertz CT molecular complexity index is 1100. The molecule has 0 bridgehead atoms. The summed E-state index contributed by atoms with van der Waals surface area (Å²) in [5, 5.41) is 6.59. The molecule has 3 aliphatic rings. The Kier molecular flexibility index (Phi) is 5.86. The summed E-state index contributed by atoms with van der Waals surface area (Å²) in [4.78, 5) is 13.4. The highest BCUT2D eigenvalue weighted by atomic mass is 32.2. The van der Waals surface area contributed by atoms with Gasteiger partial charge in [0.15, 0.2) is 5.78 Å². The maximum Gasteiger partial charge on any atom is 0.181 e. The Morgan fingerprint density at radius 1 is 1.16 bits per heavy atom. The average Bonchev–Trinajstić information content (AvgIpc) is 3.12. The van der Waals surface area contributed by atoms with Crippen LogP contribution in [0.3, 0.4) is 0 Å². The Morgan fingerprint density at radius 3 is 2.66 bits per heavy atom. The van der Waals surface area contributed by atoms with E-state index in [-0.39, 0.29) is 17.6 Å². The molecule has 1 atom stereocenters. The molecular weight excluding hydrogens is 426 g/mol. The van der Waals surface area contributed by atoms with Crippen LogP contribution >= 0.6 is 0 Å². The molecule has 1 saturated heterocycles. The summed E-state index contributed by atoms with van der Waals surface area (Å²) in [6.07, 6.45) is 7.35. The molecule has 9 heteroatoms. The number of rotatable bonds is 5. The Morgan fingerprint density at radius 2 is 1.94 bits per heavy atom. The van der Waals surface area contributed by atoms with Gasteiger partial charge in [0.2, 0.25) is 0 Å². The lowest BCUT2D eigenvalue weighted by Gasteiger charge is -2.31. The molecule has 1 aromatic heterocycles. The van der Waals surface area contributed by atoms with Crippen LogP contribution in [0.4, 0.5) is 11.4 Å². The molecule has 0 spiro atoms. The highest BCUT2D eigenvalue weighted by Gasteiger charge is 2.37.